The number of benzene rings is 1. The van der Waals surface area contributed by atoms with E-state index in [1.54, 1.807) is 11.3 Å². The van der Waals surface area contributed by atoms with Gasteiger partial charge in [-0.25, -0.2) is 4.98 Å². The van der Waals surface area contributed by atoms with Crippen molar-refractivity contribution in [1.29, 1.82) is 0 Å². The van der Waals surface area contributed by atoms with E-state index < -0.39 is 0 Å². The number of rotatable bonds is 3. The van der Waals surface area contributed by atoms with Crippen LogP contribution in [0.25, 0.3) is 10.2 Å². The number of fused-ring (bicyclic) bond motifs is 1. The Morgan fingerprint density at radius 2 is 1.80 bits per heavy atom. The van der Waals surface area contributed by atoms with Crippen molar-refractivity contribution in [1.82, 2.24) is 9.97 Å². The van der Waals surface area contributed by atoms with Gasteiger partial charge in [-0.15, -0.1) is 11.3 Å². The first-order chi connectivity index (χ1) is 9.65. The second-order valence-electron chi connectivity index (χ2n) is 4.71. The van der Waals surface area contributed by atoms with Crippen molar-refractivity contribution < 1.29 is 0 Å². The second kappa shape index (κ2) is 5.09. The largest absolute Gasteiger partial charge is 0.357 e. The summed E-state index contributed by atoms with van der Waals surface area (Å²) in [5, 5.41) is 7.45. The maximum absolute atomic E-state index is 4.52. The maximum atomic E-state index is 4.52. The molecule has 0 atom stereocenters. The normalized spacial score (nSPS) is 10.8. The molecule has 1 aromatic carbocycles. The van der Waals surface area contributed by atoms with Crippen LogP contribution in [-0.4, -0.2) is 17.0 Å². The van der Waals surface area contributed by atoms with Gasteiger partial charge >= 0.3 is 0 Å². The Bertz CT molecular complexity index is 746. The summed E-state index contributed by atoms with van der Waals surface area (Å²) in [6, 6.07) is 10.4. The summed E-state index contributed by atoms with van der Waals surface area (Å²) in [5.74, 6) is 1.47. The molecule has 0 aliphatic heterocycles. The summed E-state index contributed by atoms with van der Waals surface area (Å²) < 4.78 is 0. The highest BCUT2D eigenvalue weighted by atomic mass is 32.1. The monoisotopic (exact) mass is 284 g/mol. The Morgan fingerprint density at radius 3 is 2.50 bits per heavy atom. The van der Waals surface area contributed by atoms with Crippen LogP contribution in [-0.2, 0) is 0 Å². The molecular weight excluding hydrogens is 268 g/mol. The molecule has 0 saturated carbocycles. The average molecular weight is 284 g/mol. The first kappa shape index (κ1) is 12.9. The molecule has 0 aliphatic carbocycles. The summed E-state index contributed by atoms with van der Waals surface area (Å²) in [5.41, 5.74) is 2.27. The molecule has 102 valence electrons. The lowest BCUT2D eigenvalue weighted by Gasteiger charge is -2.08. The van der Waals surface area contributed by atoms with E-state index in [0.29, 0.717) is 5.95 Å². The molecular formula is C15H16N4S. The summed E-state index contributed by atoms with van der Waals surface area (Å²) in [6.07, 6.45) is 0. The van der Waals surface area contributed by atoms with E-state index in [-0.39, 0.29) is 0 Å². The minimum absolute atomic E-state index is 0.633. The predicted octanol–water partition coefficient (Wildman–Crippen LogP) is 4.09. The second-order valence-corrected chi connectivity index (χ2v) is 5.95. The molecule has 0 amide bonds. The molecule has 0 unspecified atom stereocenters. The Morgan fingerprint density at radius 1 is 1.05 bits per heavy atom. The summed E-state index contributed by atoms with van der Waals surface area (Å²) in [7, 11) is 1.83. The SMILES string of the molecule is CNc1nc(Nc2ccc(C)cc2)c2cc(C)sc2n1. The fraction of sp³-hybridized carbons (Fsp3) is 0.200. The van der Waals surface area contributed by atoms with E-state index in [4.69, 9.17) is 0 Å². The zero-order valence-electron chi connectivity index (χ0n) is 11.7. The third-order valence-electron chi connectivity index (χ3n) is 3.05. The van der Waals surface area contributed by atoms with E-state index in [1.807, 2.05) is 7.05 Å². The molecule has 0 aliphatic rings. The van der Waals surface area contributed by atoms with Crippen molar-refractivity contribution in [3.8, 4) is 0 Å². The topological polar surface area (TPSA) is 49.8 Å². The molecule has 0 saturated heterocycles. The minimum Gasteiger partial charge on any atom is -0.357 e. The van der Waals surface area contributed by atoms with Crippen molar-refractivity contribution in [2.24, 2.45) is 0 Å². The van der Waals surface area contributed by atoms with E-state index in [9.17, 15) is 0 Å². The highest BCUT2D eigenvalue weighted by Gasteiger charge is 2.10. The van der Waals surface area contributed by atoms with Gasteiger partial charge in [-0.3, -0.25) is 0 Å². The van der Waals surface area contributed by atoms with Gasteiger partial charge in [0.15, 0.2) is 0 Å². The van der Waals surface area contributed by atoms with Gasteiger partial charge in [0.2, 0.25) is 5.95 Å². The summed E-state index contributed by atoms with van der Waals surface area (Å²) >= 11 is 1.68. The number of nitrogens with one attached hydrogen (secondary N) is 2. The fourth-order valence-electron chi connectivity index (χ4n) is 2.02. The minimum atomic E-state index is 0.633. The molecule has 0 bridgehead atoms. The van der Waals surface area contributed by atoms with Crippen molar-refractivity contribution in [2.75, 3.05) is 17.7 Å². The van der Waals surface area contributed by atoms with Gasteiger partial charge < -0.3 is 10.6 Å². The summed E-state index contributed by atoms with van der Waals surface area (Å²) in [4.78, 5) is 11.2. The van der Waals surface area contributed by atoms with Gasteiger partial charge in [0, 0.05) is 17.6 Å². The van der Waals surface area contributed by atoms with E-state index in [2.05, 4.69) is 64.8 Å². The third-order valence-corrected chi connectivity index (χ3v) is 4.00. The molecule has 5 heteroatoms. The highest BCUT2D eigenvalue weighted by Crippen LogP contribution is 2.31. The molecule has 0 spiro atoms. The molecule has 2 heterocycles. The predicted molar refractivity (Wildman–Crippen MR) is 86.2 cm³/mol. The Balaban J connectivity index is 2.06. The number of thiophene rings is 1. The van der Waals surface area contributed by atoms with E-state index >= 15 is 0 Å². The zero-order valence-corrected chi connectivity index (χ0v) is 12.5. The number of hydrogen-bond donors (Lipinski definition) is 2. The van der Waals surface area contributed by atoms with Crippen LogP contribution < -0.4 is 10.6 Å². The highest BCUT2D eigenvalue weighted by molar-refractivity contribution is 7.18. The fourth-order valence-corrected chi connectivity index (χ4v) is 2.90. The maximum Gasteiger partial charge on any atom is 0.225 e. The lowest BCUT2D eigenvalue weighted by atomic mass is 10.2. The molecule has 3 aromatic rings. The molecule has 4 nitrogen and oxygen atoms in total. The zero-order chi connectivity index (χ0) is 14.1. The van der Waals surface area contributed by atoms with Gasteiger partial charge in [-0.2, -0.15) is 4.98 Å². The van der Waals surface area contributed by atoms with Gasteiger partial charge in [0.05, 0.1) is 5.39 Å². The first-order valence-electron chi connectivity index (χ1n) is 6.45. The number of hydrogen-bond acceptors (Lipinski definition) is 5. The summed E-state index contributed by atoms with van der Waals surface area (Å²) in [6.45, 7) is 4.16. The molecule has 2 aromatic heterocycles. The lowest BCUT2D eigenvalue weighted by molar-refractivity contribution is 1.20. The lowest BCUT2D eigenvalue weighted by Crippen LogP contribution is -2.00. The van der Waals surface area contributed by atoms with Crippen molar-refractivity contribution in [3.05, 3.63) is 40.8 Å². The average Bonchev–Trinajstić information content (AvgIpc) is 2.81. The van der Waals surface area contributed by atoms with Crippen LogP contribution in [0, 0.1) is 13.8 Å². The number of anilines is 3. The van der Waals surface area contributed by atoms with Crippen LogP contribution in [0.15, 0.2) is 30.3 Å². The van der Waals surface area contributed by atoms with Gasteiger partial charge in [-0.05, 0) is 32.0 Å². The first-order valence-corrected chi connectivity index (χ1v) is 7.27. The molecule has 2 N–H and O–H groups in total. The number of aromatic nitrogens is 2. The van der Waals surface area contributed by atoms with Crippen molar-refractivity contribution in [3.63, 3.8) is 0 Å². The van der Waals surface area contributed by atoms with Gasteiger partial charge in [-0.1, -0.05) is 17.7 Å². The van der Waals surface area contributed by atoms with E-state index in [1.165, 1.54) is 10.4 Å². The van der Waals surface area contributed by atoms with Crippen LogP contribution in [0.2, 0.25) is 0 Å². The van der Waals surface area contributed by atoms with Crippen LogP contribution in [0.4, 0.5) is 17.5 Å². The van der Waals surface area contributed by atoms with Crippen LogP contribution in [0.5, 0.6) is 0 Å². The number of nitrogens with zero attached hydrogens (tertiary/aromatic N) is 2. The quantitative estimate of drug-likeness (QED) is 0.760. The van der Waals surface area contributed by atoms with Crippen LogP contribution >= 0.6 is 11.3 Å². The van der Waals surface area contributed by atoms with Gasteiger partial charge in [0.1, 0.15) is 10.6 Å². The van der Waals surface area contributed by atoms with Crippen molar-refractivity contribution in [2.45, 2.75) is 13.8 Å². The van der Waals surface area contributed by atoms with Crippen LogP contribution in [0.3, 0.4) is 0 Å². The smallest absolute Gasteiger partial charge is 0.225 e. The Labute approximate surface area is 121 Å². The van der Waals surface area contributed by atoms with Crippen LogP contribution in [0.1, 0.15) is 10.4 Å². The third kappa shape index (κ3) is 2.44. The molecule has 3 rings (SSSR count). The van der Waals surface area contributed by atoms with E-state index in [0.717, 1.165) is 21.7 Å². The molecule has 0 radical (unpaired) electrons. The Kier molecular flexibility index (Phi) is 3.28. The molecule has 20 heavy (non-hydrogen) atoms. The number of aryl methyl sites for hydroxylation is 2. The van der Waals surface area contributed by atoms with Crippen molar-refractivity contribution >= 4 is 39.0 Å². The Hall–Kier alpha value is -2.14. The standard InChI is InChI=1S/C15H16N4S/c1-9-4-6-11(7-5-9)17-13-12-8-10(2)20-14(12)19-15(16-3)18-13/h4-8H,1-3H3,(H2,16,17,18,19). The molecule has 0 fully saturated rings. The van der Waals surface area contributed by atoms with Gasteiger partial charge in [0.25, 0.3) is 0 Å².